The lowest BCUT2D eigenvalue weighted by molar-refractivity contribution is 0.0519. The van der Waals surface area contributed by atoms with E-state index in [1.165, 1.54) is 0 Å². The summed E-state index contributed by atoms with van der Waals surface area (Å²) in [6.45, 7) is 2.05. The van der Waals surface area contributed by atoms with E-state index in [0.29, 0.717) is 10.8 Å². The summed E-state index contributed by atoms with van der Waals surface area (Å²) in [6.07, 6.45) is 0. The Bertz CT molecular complexity index is 905. The lowest BCUT2D eigenvalue weighted by Gasteiger charge is -2.09. The minimum atomic E-state index is -0.465. The van der Waals surface area contributed by atoms with Crippen LogP contribution in [0.4, 0.5) is 0 Å². The fourth-order valence-corrected chi connectivity index (χ4v) is 2.66. The third kappa shape index (κ3) is 3.67. The molecule has 6 heteroatoms. The molecule has 2 aromatic carbocycles. The molecule has 3 rings (SSSR count). The first-order valence-corrected chi connectivity index (χ1v) is 8.17. The van der Waals surface area contributed by atoms with Gasteiger partial charge in [0.05, 0.1) is 25.1 Å². The Morgan fingerprint density at radius 1 is 1.16 bits per heavy atom. The Balaban J connectivity index is 2.16. The Hall–Kier alpha value is -2.79. The van der Waals surface area contributed by atoms with Crippen LogP contribution in [-0.4, -0.2) is 29.5 Å². The van der Waals surface area contributed by atoms with Gasteiger partial charge in [0.1, 0.15) is 5.75 Å². The van der Waals surface area contributed by atoms with Crippen molar-refractivity contribution in [1.82, 2.24) is 9.78 Å². The molecule has 128 valence electrons. The highest BCUT2D eigenvalue weighted by molar-refractivity contribution is 6.30. The number of benzene rings is 2. The van der Waals surface area contributed by atoms with Gasteiger partial charge in [0, 0.05) is 10.6 Å². The van der Waals surface area contributed by atoms with Crippen molar-refractivity contribution in [3.05, 3.63) is 65.3 Å². The average molecular weight is 357 g/mol. The Labute approximate surface area is 150 Å². The molecule has 0 radical (unpaired) electrons. The van der Waals surface area contributed by atoms with Gasteiger partial charge in [-0.05, 0) is 43.3 Å². The van der Waals surface area contributed by atoms with Crippen LogP contribution < -0.4 is 4.74 Å². The lowest BCUT2D eigenvalue weighted by Crippen LogP contribution is -2.06. The monoisotopic (exact) mass is 356 g/mol. The van der Waals surface area contributed by atoms with Crippen molar-refractivity contribution in [2.24, 2.45) is 0 Å². The van der Waals surface area contributed by atoms with E-state index < -0.39 is 5.97 Å². The summed E-state index contributed by atoms with van der Waals surface area (Å²) in [5.74, 6) is 0.251. The van der Waals surface area contributed by atoms with Gasteiger partial charge in [-0.15, -0.1) is 0 Å². The van der Waals surface area contributed by atoms with Crippen LogP contribution in [0.1, 0.15) is 17.4 Å². The van der Waals surface area contributed by atoms with Crippen LogP contribution in [0.2, 0.25) is 5.02 Å². The third-order valence-corrected chi connectivity index (χ3v) is 3.85. The maximum Gasteiger partial charge on any atom is 0.358 e. The van der Waals surface area contributed by atoms with Crippen molar-refractivity contribution in [3.8, 4) is 22.7 Å². The summed E-state index contributed by atoms with van der Waals surface area (Å²) in [4.78, 5) is 12.1. The van der Waals surface area contributed by atoms with Gasteiger partial charge in [-0.1, -0.05) is 29.8 Å². The summed E-state index contributed by atoms with van der Waals surface area (Å²) in [6, 6.07) is 16.5. The van der Waals surface area contributed by atoms with E-state index in [1.807, 2.05) is 36.4 Å². The van der Waals surface area contributed by atoms with Gasteiger partial charge in [-0.3, -0.25) is 0 Å². The predicted octanol–water partition coefficient (Wildman–Crippen LogP) is 4.38. The second-order valence-electron chi connectivity index (χ2n) is 5.26. The second kappa shape index (κ2) is 7.40. The number of hydrogen-bond acceptors (Lipinski definition) is 4. The first-order chi connectivity index (χ1) is 12.1. The number of methoxy groups -OCH3 is 1. The van der Waals surface area contributed by atoms with Crippen molar-refractivity contribution < 1.29 is 14.3 Å². The van der Waals surface area contributed by atoms with Crippen LogP contribution in [0.3, 0.4) is 0 Å². The van der Waals surface area contributed by atoms with Crippen LogP contribution >= 0.6 is 11.6 Å². The van der Waals surface area contributed by atoms with E-state index >= 15 is 0 Å². The molecule has 0 aliphatic heterocycles. The molecule has 0 atom stereocenters. The van der Waals surface area contributed by atoms with Crippen molar-refractivity contribution in [3.63, 3.8) is 0 Å². The van der Waals surface area contributed by atoms with Gasteiger partial charge in [0.25, 0.3) is 0 Å². The molecule has 1 aromatic heterocycles. The summed E-state index contributed by atoms with van der Waals surface area (Å²) < 4.78 is 12.0. The molecule has 25 heavy (non-hydrogen) atoms. The molecule has 0 aliphatic carbocycles. The first-order valence-electron chi connectivity index (χ1n) is 7.80. The fraction of sp³-hybridized carbons (Fsp3) is 0.158. The topological polar surface area (TPSA) is 53.4 Å². The van der Waals surface area contributed by atoms with E-state index in [-0.39, 0.29) is 12.3 Å². The Morgan fingerprint density at radius 3 is 2.68 bits per heavy atom. The van der Waals surface area contributed by atoms with Crippen LogP contribution in [0.15, 0.2) is 54.6 Å². The number of carbonyl (C=O) groups is 1. The largest absolute Gasteiger partial charge is 0.497 e. The third-order valence-electron chi connectivity index (χ3n) is 3.61. The summed E-state index contributed by atoms with van der Waals surface area (Å²) >= 11 is 6.11. The Kier molecular flexibility index (Phi) is 5.05. The van der Waals surface area contributed by atoms with Gasteiger partial charge in [0.15, 0.2) is 5.69 Å². The van der Waals surface area contributed by atoms with Gasteiger partial charge in [-0.2, -0.15) is 5.10 Å². The number of halogens is 1. The highest BCUT2D eigenvalue weighted by Crippen LogP contribution is 2.28. The number of aromatic nitrogens is 2. The van der Waals surface area contributed by atoms with E-state index in [1.54, 1.807) is 36.9 Å². The number of ether oxygens (including phenoxy) is 2. The molecular weight excluding hydrogens is 340 g/mol. The molecule has 0 fully saturated rings. The zero-order valence-corrected chi connectivity index (χ0v) is 14.7. The fourth-order valence-electron chi connectivity index (χ4n) is 2.48. The van der Waals surface area contributed by atoms with Crippen LogP contribution in [-0.2, 0) is 4.74 Å². The van der Waals surface area contributed by atoms with E-state index in [2.05, 4.69) is 5.10 Å². The van der Waals surface area contributed by atoms with Crippen molar-refractivity contribution in [1.29, 1.82) is 0 Å². The molecule has 0 bridgehead atoms. The van der Waals surface area contributed by atoms with Gasteiger partial charge >= 0.3 is 5.97 Å². The molecule has 0 unspecified atom stereocenters. The van der Waals surface area contributed by atoms with Crippen molar-refractivity contribution in [2.45, 2.75) is 6.92 Å². The normalized spacial score (nSPS) is 10.5. The van der Waals surface area contributed by atoms with Crippen molar-refractivity contribution in [2.75, 3.05) is 13.7 Å². The molecule has 3 aromatic rings. The van der Waals surface area contributed by atoms with Crippen LogP contribution in [0.25, 0.3) is 16.9 Å². The van der Waals surface area contributed by atoms with Crippen LogP contribution in [0, 0.1) is 0 Å². The molecule has 0 aliphatic rings. The van der Waals surface area contributed by atoms with E-state index in [0.717, 1.165) is 16.9 Å². The SMILES string of the molecule is CCOC(=O)c1cc(-c2cccc(OC)c2)n(-c2cccc(Cl)c2)n1. The molecule has 1 heterocycles. The number of nitrogens with zero attached hydrogens (tertiary/aromatic N) is 2. The zero-order chi connectivity index (χ0) is 17.8. The number of esters is 1. The standard InChI is InChI=1S/C19H17ClN2O3/c1-3-25-19(23)17-12-18(13-6-4-9-16(10-13)24-2)22(21-17)15-8-5-7-14(20)11-15/h4-12H,3H2,1-2H3. The predicted molar refractivity (Wildman–Crippen MR) is 96.5 cm³/mol. The van der Waals surface area contributed by atoms with Crippen LogP contribution in [0.5, 0.6) is 5.75 Å². The maximum atomic E-state index is 12.1. The average Bonchev–Trinajstić information content (AvgIpc) is 3.07. The molecule has 0 saturated carbocycles. The summed E-state index contributed by atoms with van der Waals surface area (Å²) in [5, 5.41) is 5.00. The quantitative estimate of drug-likeness (QED) is 0.637. The molecule has 0 saturated heterocycles. The summed E-state index contributed by atoms with van der Waals surface area (Å²) in [7, 11) is 1.61. The molecule has 0 spiro atoms. The molecule has 0 amide bonds. The van der Waals surface area contributed by atoms with Gasteiger partial charge in [-0.25, -0.2) is 9.48 Å². The molecule has 5 nitrogen and oxygen atoms in total. The number of hydrogen-bond donors (Lipinski definition) is 0. The van der Waals surface area contributed by atoms with Gasteiger partial charge in [0.2, 0.25) is 0 Å². The number of rotatable bonds is 5. The first kappa shape index (κ1) is 17.0. The highest BCUT2D eigenvalue weighted by Gasteiger charge is 2.18. The molecular formula is C19H17ClN2O3. The van der Waals surface area contributed by atoms with Gasteiger partial charge < -0.3 is 9.47 Å². The van der Waals surface area contributed by atoms with E-state index in [4.69, 9.17) is 21.1 Å². The minimum absolute atomic E-state index is 0.236. The Morgan fingerprint density at radius 2 is 1.96 bits per heavy atom. The molecule has 0 N–H and O–H groups in total. The summed E-state index contributed by atoms with van der Waals surface area (Å²) in [5.41, 5.74) is 2.59. The van der Waals surface area contributed by atoms with E-state index in [9.17, 15) is 4.79 Å². The minimum Gasteiger partial charge on any atom is -0.497 e. The highest BCUT2D eigenvalue weighted by atomic mass is 35.5. The maximum absolute atomic E-state index is 12.1. The smallest absolute Gasteiger partial charge is 0.358 e. The zero-order valence-electron chi connectivity index (χ0n) is 13.9. The van der Waals surface area contributed by atoms with Crippen molar-refractivity contribution >= 4 is 17.6 Å². The second-order valence-corrected chi connectivity index (χ2v) is 5.70. The number of carbonyl (C=O) groups excluding carboxylic acids is 1. The lowest BCUT2D eigenvalue weighted by atomic mass is 10.1.